The fourth-order valence-corrected chi connectivity index (χ4v) is 3.34. The van der Waals surface area contributed by atoms with Crippen LogP contribution in [0.5, 0.6) is 11.5 Å². The highest BCUT2D eigenvalue weighted by Gasteiger charge is 2.25. The lowest BCUT2D eigenvalue weighted by atomic mass is 10.1. The lowest BCUT2D eigenvalue weighted by molar-refractivity contribution is -0.115. The summed E-state index contributed by atoms with van der Waals surface area (Å²) in [6.45, 7) is 1.83. The molecule has 0 saturated heterocycles. The van der Waals surface area contributed by atoms with Crippen LogP contribution in [0.3, 0.4) is 0 Å². The summed E-state index contributed by atoms with van der Waals surface area (Å²) in [5.41, 5.74) is 2.41. The average molecular weight is 448 g/mol. The Morgan fingerprint density at radius 2 is 1.78 bits per heavy atom. The summed E-state index contributed by atoms with van der Waals surface area (Å²) >= 11 is 6.16. The highest BCUT2D eigenvalue weighted by Crippen LogP contribution is 2.31. The molecule has 0 unspecified atom stereocenters. The molecule has 0 fully saturated rings. The van der Waals surface area contributed by atoms with E-state index in [-0.39, 0.29) is 17.4 Å². The number of carbonyl (C=O) groups is 2. The number of nitrogens with zero attached hydrogens (tertiary/aromatic N) is 1. The topological polar surface area (TPSA) is 74.2 Å². The van der Waals surface area contributed by atoms with E-state index in [1.165, 1.54) is 13.2 Å². The van der Waals surface area contributed by atoms with Crippen molar-refractivity contribution in [1.82, 2.24) is 0 Å². The van der Waals surface area contributed by atoms with Gasteiger partial charge in [-0.15, -0.1) is 0 Å². The molecule has 1 heterocycles. The van der Waals surface area contributed by atoms with Crippen molar-refractivity contribution in [3.05, 3.63) is 99.8 Å². The monoisotopic (exact) mass is 447 g/mol. The number of aryl methyl sites for hydroxylation is 1. The van der Waals surface area contributed by atoms with Gasteiger partial charge in [-0.3, -0.25) is 4.79 Å². The zero-order valence-electron chi connectivity index (χ0n) is 17.3. The van der Waals surface area contributed by atoms with Crippen LogP contribution in [0.2, 0.25) is 5.02 Å². The molecule has 3 aromatic rings. The molecule has 7 heteroatoms. The van der Waals surface area contributed by atoms with Crippen LogP contribution in [0, 0.1) is 6.92 Å². The summed E-state index contributed by atoms with van der Waals surface area (Å²) in [5.74, 6) is -0.226. The van der Waals surface area contributed by atoms with Crippen molar-refractivity contribution in [1.29, 1.82) is 0 Å². The molecule has 0 aromatic heterocycles. The molecule has 0 aliphatic carbocycles. The average Bonchev–Trinajstić information content (AvgIpc) is 3.15. The van der Waals surface area contributed by atoms with Crippen LogP contribution in [-0.4, -0.2) is 24.9 Å². The molecular formula is C25H18ClNO5. The van der Waals surface area contributed by atoms with Crippen LogP contribution in [0.4, 0.5) is 0 Å². The van der Waals surface area contributed by atoms with Crippen molar-refractivity contribution < 1.29 is 23.8 Å². The number of rotatable bonds is 5. The number of ether oxygens (including phenoxy) is 3. The van der Waals surface area contributed by atoms with Crippen molar-refractivity contribution in [2.24, 2.45) is 4.99 Å². The minimum Gasteiger partial charge on any atom is -0.493 e. The fourth-order valence-electron chi connectivity index (χ4n) is 3.13. The Morgan fingerprint density at radius 1 is 1.03 bits per heavy atom. The van der Waals surface area contributed by atoms with Gasteiger partial charge >= 0.3 is 11.9 Å². The van der Waals surface area contributed by atoms with Gasteiger partial charge in [0.25, 0.3) is 0 Å². The fraction of sp³-hybridized carbons (Fsp3) is 0.0800. The SMILES string of the molecule is COc1cc(/C=C2/OC(c3ccccc3Cl)=NC2=O)ccc1OC(=O)c1ccccc1C. The van der Waals surface area contributed by atoms with Crippen molar-refractivity contribution >= 4 is 35.5 Å². The van der Waals surface area contributed by atoms with E-state index in [1.54, 1.807) is 54.6 Å². The van der Waals surface area contributed by atoms with Gasteiger partial charge in [0.15, 0.2) is 17.3 Å². The second kappa shape index (κ2) is 9.08. The van der Waals surface area contributed by atoms with E-state index >= 15 is 0 Å². The normalized spacial score (nSPS) is 14.2. The Morgan fingerprint density at radius 3 is 2.53 bits per heavy atom. The quantitative estimate of drug-likeness (QED) is 0.304. The Bertz CT molecular complexity index is 1280. The largest absolute Gasteiger partial charge is 0.493 e. The predicted octanol–water partition coefficient (Wildman–Crippen LogP) is 5.22. The number of hydrogen-bond acceptors (Lipinski definition) is 5. The van der Waals surface area contributed by atoms with Crippen LogP contribution >= 0.6 is 11.6 Å². The number of halogens is 1. The molecule has 0 bridgehead atoms. The van der Waals surface area contributed by atoms with Gasteiger partial charge in [0.05, 0.1) is 23.3 Å². The van der Waals surface area contributed by atoms with Crippen LogP contribution in [0.1, 0.15) is 27.0 Å². The number of hydrogen-bond donors (Lipinski definition) is 0. The van der Waals surface area contributed by atoms with E-state index < -0.39 is 11.9 Å². The number of benzene rings is 3. The van der Waals surface area contributed by atoms with Gasteiger partial charge in [-0.25, -0.2) is 4.79 Å². The molecule has 3 aromatic carbocycles. The van der Waals surface area contributed by atoms with E-state index in [9.17, 15) is 9.59 Å². The highest BCUT2D eigenvalue weighted by atomic mass is 35.5. The van der Waals surface area contributed by atoms with E-state index in [0.29, 0.717) is 27.5 Å². The lowest BCUT2D eigenvalue weighted by Gasteiger charge is -2.11. The predicted molar refractivity (Wildman–Crippen MR) is 121 cm³/mol. The van der Waals surface area contributed by atoms with E-state index in [0.717, 1.165) is 5.56 Å². The van der Waals surface area contributed by atoms with Crippen LogP contribution in [-0.2, 0) is 9.53 Å². The third kappa shape index (κ3) is 4.40. The molecule has 1 aliphatic rings. The summed E-state index contributed by atoms with van der Waals surface area (Å²) in [5, 5.41) is 0.432. The molecule has 1 aliphatic heterocycles. The zero-order chi connectivity index (χ0) is 22.7. The molecule has 6 nitrogen and oxygen atoms in total. The first-order valence-corrected chi connectivity index (χ1v) is 10.1. The van der Waals surface area contributed by atoms with Gasteiger partial charge in [-0.2, -0.15) is 4.99 Å². The molecule has 4 rings (SSSR count). The molecule has 0 radical (unpaired) electrons. The third-order valence-corrected chi connectivity index (χ3v) is 5.11. The van der Waals surface area contributed by atoms with Crippen molar-refractivity contribution in [2.75, 3.05) is 7.11 Å². The summed E-state index contributed by atoms with van der Waals surface area (Å²) in [6.07, 6.45) is 1.53. The maximum absolute atomic E-state index is 12.5. The van der Waals surface area contributed by atoms with E-state index in [1.807, 2.05) is 19.1 Å². The lowest BCUT2D eigenvalue weighted by Crippen LogP contribution is -2.10. The van der Waals surface area contributed by atoms with Gasteiger partial charge in [0, 0.05) is 0 Å². The van der Waals surface area contributed by atoms with Crippen molar-refractivity contribution in [3.63, 3.8) is 0 Å². The molecule has 160 valence electrons. The molecule has 32 heavy (non-hydrogen) atoms. The first-order valence-electron chi connectivity index (χ1n) is 9.69. The maximum Gasteiger partial charge on any atom is 0.343 e. The smallest absolute Gasteiger partial charge is 0.343 e. The second-order valence-electron chi connectivity index (χ2n) is 6.93. The molecule has 0 atom stereocenters. The second-order valence-corrected chi connectivity index (χ2v) is 7.33. The Kier molecular flexibility index (Phi) is 6.05. The van der Waals surface area contributed by atoms with Crippen molar-refractivity contribution in [3.8, 4) is 11.5 Å². The van der Waals surface area contributed by atoms with E-state index in [2.05, 4.69) is 4.99 Å². The Balaban J connectivity index is 1.55. The maximum atomic E-state index is 12.5. The van der Waals surface area contributed by atoms with Crippen LogP contribution in [0.15, 0.2) is 77.5 Å². The number of amides is 1. The number of esters is 1. The first kappa shape index (κ1) is 21.3. The van der Waals surface area contributed by atoms with Gasteiger partial charge in [0.1, 0.15) is 0 Å². The standard InChI is InChI=1S/C25H18ClNO5/c1-15-7-3-4-8-17(15)25(29)32-20-12-11-16(13-21(20)30-2)14-22-23(28)27-24(31-22)18-9-5-6-10-19(18)26/h3-14H,1-2H3/b22-14+. The zero-order valence-corrected chi connectivity index (χ0v) is 18.1. The summed E-state index contributed by atoms with van der Waals surface area (Å²) < 4.78 is 16.5. The Hall–Kier alpha value is -3.90. The summed E-state index contributed by atoms with van der Waals surface area (Å²) in [4.78, 5) is 28.8. The van der Waals surface area contributed by atoms with Crippen LogP contribution in [0.25, 0.3) is 6.08 Å². The van der Waals surface area contributed by atoms with E-state index in [4.69, 9.17) is 25.8 Å². The van der Waals surface area contributed by atoms with Gasteiger partial charge in [0.2, 0.25) is 5.90 Å². The molecule has 0 N–H and O–H groups in total. The van der Waals surface area contributed by atoms with Gasteiger partial charge in [-0.05, 0) is 54.5 Å². The number of carbonyl (C=O) groups excluding carboxylic acids is 2. The molecular weight excluding hydrogens is 430 g/mol. The minimum atomic E-state index is -0.519. The first-order chi connectivity index (χ1) is 15.5. The third-order valence-electron chi connectivity index (χ3n) is 4.78. The van der Waals surface area contributed by atoms with Gasteiger partial charge in [-0.1, -0.05) is 48.0 Å². The summed E-state index contributed by atoms with van der Waals surface area (Å²) in [7, 11) is 1.47. The minimum absolute atomic E-state index is 0.0478. The summed E-state index contributed by atoms with van der Waals surface area (Å²) in [6, 6.07) is 19.0. The van der Waals surface area contributed by atoms with Crippen LogP contribution < -0.4 is 9.47 Å². The highest BCUT2D eigenvalue weighted by molar-refractivity contribution is 6.34. The number of aliphatic imine (C=N–C) groups is 1. The molecule has 1 amide bonds. The Labute approximate surface area is 189 Å². The molecule has 0 spiro atoms. The molecule has 0 saturated carbocycles. The van der Waals surface area contributed by atoms with Crippen molar-refractivity contribution in [2.45, 2.75) is 6.92 Å². The number of methoxy groups -OCH3 is 1. The van der Waals surface area contributed by atoms with Gasteiger partial charge < -0.3 is 14.2 Å².